The van der Waals surface area contributed by atoms with Crippen LogP contribution in [-0.4, -0.2) is 34.4 Å². The van der Waals surface area contributed by atoms with Crippen LogP contribution in [0, 0.1) is 0 Å². The van der Waals surface area contributed by atoms with E-state index in [0.717, 1.165) is 65.7 Å². The molecular formula is C66H40N4Se. The van der Waals surface area contributed by atoms with Gasteiger partial charge in [-0.3, -0.25) is 0 Å². The third-order valence-corrected chi connectivity index (χ3v) is 16.6. The van der Waals surface area contributed by atoms with Gasteiger partial charge in [0.15, 0.2) is 0 Å². The molecule has 330 valence electrons. The zero-order valence-corrected chi connectivity index (χ0v) is 40.0. The summed E-state index contributed by atoms with van der Waals surface area (Å²) in [6, 6.07) is 81.9. The maximum atomic E-state index is 5.43. The summed E-state index contributed by atoms with van der Waals surface area (Å²) < 4.78 is 1.36. The van der Waals surface area contributed by atoms with Gasteiger partial charge in [0.2, 0.25) is 0 Å². The molecule has 71 heavy (non-hydrogen) atoms. The molecule has 0 aliphatic heterocycles. The Morgan fingerprint density at radius 3 is 1.24 bits per heavy atom. The van der Waals surface area contributed by atoms with Crippen molar-refractivity contribution in [2.24, 2.45) is 0 Å². The van der Waals surface area contributed by atoms with Crippen LogP contribution in [0.2, 0.25) is 0 Å². The summed E-state index contributed by atoms with van der Waals surface area (Å²) in [5.41, 5.74) is 21.6. The minimum atomic E-state index is 0.0525. The summed E-state index contributed by atoms with van der Waals surface area (Å²) in [6.07, 6.45) is 0. The topological polar surface area (TPSA) is 57.4 Å². The van der Waals surface area contributed by atoms with E-state index in [-0.39, 0.29) is 14.5 Å². The number of nitrogens with one attached hydrogen (secondary N) is 2. The van der Waals surface area contributed by atoms with E-state index in [4.69, 9.17) is 9.97 Å². The summed E-state index contributed by atoms with van der Waals surface area (Å²) >= 11 is 0.0525. The van der Waals surface area contributed by atoms with Gasteiger partial charge in [-0.1, -0.05) is 6.07 Å². The molecule has 5 heteroatoms. The van der Waals surface area contributed by atoms with Gasteiger partial charge in [-0.2, -0.15) is 0 Å². The van der Waals surface area contributed by atoms with Crippen LogP contribution in [0.1, 0.15) is 0 Å². The molecule has 2 N–H and O–H groups in total. The Morgan fingerprint density at radius 1 is 0.282 bits per heavy atom. The first-order valence-corrected chi connectivity index (χ1v) is 26.0. The zero-order valence-electron chi connectivity index (χ0n) is 38.2. The Labute approximate surface area is 414 Å². The third kappa shape index (κ3) is 6.24. The van der Waals surface area contributed by atoms with Crippen molar-refractivity contribution in [3.05, 3.63) is 229 Å². The van der Waals surface area contributed by atoms with Crippen molar-refractivity contribution in [3.8, 4) is 65.6 Å². The molecule has 5 aromatic heterocycles. The molecule has 0 saturated carbocycles. The molecule has 0 aliphatic rings. The van der Waals surface area contributed by atoms with Crippen LogP contribution in [0.4, 0.5) is 0 Å². The number of benzene rings is 10. The standard InChI is InChI=1S/C66H40N4Se/c1-3-15-39(16-4-1)41-27-29-56-50(37-52-58(67-56)31-33-60-64(52)48-23-11-13-25-54(48)69-60)62(41)44-20-8-7-19-43(44)47-35-36-71-66(47)46-22-10-9-21-45(46)63-42(40-17-5-2-6-18-40)28-30-57-51(63)38-53-59(68-57)32-34-61-65(53)49-24-12-14-26-55(49)70-61/h1-38,69-70H. The molecular weight excluding hydrogens is 928 g/mol. The van der Waals surface area contributed by atoms with Gasteiger partial charge in [-0.25, -0.2) is 0 Å². The van der Waals surface area contributed by atoms with Gasteiger partial charge >= 0.3 is 411 Å². The van der Waals surface area contributed by atoms with E-state index in [2.05, 4.69) is 239 Å². The van der Waals surface area contributed by atoms with Crippen molar-refractivity contribution in [2.75, 3.05) is 0 Å². The van der Waals surface area contributed by atoms with Crippen LogP contribution in [0.15, 0.2) is 229 Å². The SMILES string of the molecule is c1ccc(-c2ccc3nc4ccc5[nH]c6ccccc6c5c4cc3c2-c2ccccc2-c2cc[se]c2-c2ccccc2-c2c(-c3ccccc3)ccc3nc4ccc5[nH]c6ccccc6c5c4cc23)cc1. The van der Waals surface area contributed by atoms with E-state index < -0.39 is 0 Å². The Kier molecular flexibility index (Phi) is 8.94. The molecule has 0 aliphatic carbocycles. The van der Waals surface area contributed by atoms with Gasteiger partial charge in [-0.05, 0) is 0 Å². The molecule has 15 aromatic rings. The Bertz CT molecular complexity index is 4340. The normalized spacial score (nSPS) is 11.9. The molecule has 15 rings (SSSR count). The van der Waals surface area contributed by atoms with E-state index in [1.807, 2.05) is 0 Å². The van der Waals surface area contributed by atoms with Crippen LogP contribution in [-0.2, 0) is 0 Å². The van der Waals surface area contributed by atoms with Gasteiger partial charge < -0.3 is 0 Å². The van der Waals surface area contributed by atoms with Crippen LogP contribution in [0.3, 0.4) is 0 Å². The van der Waals surface area contributed by atoms with Gasteiger partial charge in [0, 0.05) is 0 Å². The van der Waals surface area contributed by atoms with Crippen molar-refractivity contribution in [1.29, 1.82) is 0 Å². The Morgan fingerprint density at radius 2 is 0.704 bits per heavy atom. The molecule has 0 bridgehead atoms. The first kappa shape index (κ1) is 40.1. The van der Waals surface area contributed by atoms with Gasteiger partial charge in [0.25, 0.3) is 0 Å². The summed E-state index contributed by atoms with van der Waals surface area (Å²) in [6.45, 7) is 0. The van der Waals surface area contributed by atoms with Crippen LogP contribution in [0.5, 0.6) is 0 Å². The fraction of sp³-hybridized carbons (Fsp3) is 0. The molecule has 0 fully saturated rings. The predicted molar refractivity (Wildman–Crippen MR) is 300 cm³/mol. The Hall–Kier alpha value is -8.86. The average Bonchev–Trinajstić information content (AvgIpc) is 4.18. The first-order chi connectivity index (χ1) is 35.2. The van der Waals surface area contributed by atoms with Crippen molar-refractivity contribution in [3.63, 3.8) is 0 Å². The summed E-state index contributed by atoms with van der Waals surface area (Å²) in [4.78, 5) is 20.6. The minimum absolute atomic E-state index is 0.0525. The third-order valence-electron chi connectivity index (χ3n) is 14.6. The molecule has 0 saturated heterocycles. The number of aromatic nitrogens is 4. The summed E-state index contributed by atoms with van der Waals surface area (Å²) in [7, 11) is 0. The second-order valence-electron chi connectivity index (χ2n) is 18.5. The molecule has 10 aromatic carbocycles. The number of fused-ring (bicyclic) bond motifs is 12. The molecule has 0 amide bonds. The quantitative estimate of drug-likeness (QED) is 0.129. The fourth-order valence-corrected chi connectivity index (χ4v) is 13.5. The molecule has 5 heterocycles. The number of pyridine rings is 2. The monoisotopic (exact) mass is 968 g/mol. The van der Waals surface area contributed by atoms with E-state index in [1.54, 1.807) is 0 Å². The van der Waals surface area contributed by atoms with Gasteiger partial charge in [0.1, 0.15) is 0 Å². The zero-order chi connectivity index (χ0) is 46.6. The summed E-state index contributed by atoms with van der Waals surface area (Å²) in [5, 5.41) is 9.39. The number of para-hydroxylation sites is 2. The predicted octanol–water partition coefficient (Wildman–Crippen LogP) is 17.4. The van der Waals surface area contributed by atoms with Crippen LogP contribution >= 0.6 is 0 Å². The van der Waals surface area contributed by atoms with E-state index in [9.17, 15) is 0 Å². The van der Waals surface area contributed by atoms with Crippen molar-refractivity contribution < 1.29 is 0 Å². The second kappa shape index (κ2) is 15.8. The second-order valence-corrected chi connectivity index (χ2v) is 20.4. The maximum absolute atomic E-state index is 5.43. The number of nitrogens with zero attached hydrogens (tertiary/aromatic N) is 2. The van der Waals surface area contributed by atoms with Crippen molar-refractivity contribution in [1.82, 2.24) is 19.9 Å². The van der Waals surface area contributed by atoms with Crippen LogP contribution < -0.4 is 0 Å². The van der Waals surface area contributed by atoms with Gasteiger partial charge in [-0.15, -0.1) is 0 Å². The summed E-state index contributed by atoms with van der Waals surface area (Å²) in [5.74, 6) is 0. The molecule has 0 spiro atoms. The molecule has 0 atom stereocenters. The molecule has 0 unspecified atom stereocenters. The van der Waals surface area contributed by atoms with Crippen molar-refractivity contribution in [2.45, 2.75) is 0 Å². The van der Waals surface area contributed by atoms with Gasteiger partial charge in [0.05, 0.1) is 0 Å². The number of aromatic amines is 2. The first-order valence-electron chi connectivity index (χ1n) is 24.1. The number of rotatable bonds is 6. The van der Waals surface area contributed by atoms with Crippen molar-refractivity contribution >= 4 is 102 Å². The average molecular weight is 968 g/mol. The number of hydrogen-bond donors (Lipinski definition) is 2. The number of H-pyrrole nitrogens is 2. The fourth-order valence-electron chi connectivity index (χ4n) is 11.5. The van der Waals surface area contributed by atoms with Crippen LogP contribution in [0.25, 0.3) is 153 Å². The molecule has 4 nitrogen and oxygen atoms in total. The van der Waals surface area contributed by atoms with E-state index in [0.29, 0.717) is 0 Å². The Balaban J connectivity index is 0.986. The van der Waals surface area contributed by atoms with E-state index >= 15 is 0 Å². The number of hydrogen-bond acceptors (Lipinski definition) is 2. The molecule has 0 radical (unpaired) electrons. The van der Waals surface area contributed by atoms with E-state index in [1.165, 1.54) is 87.2 Å².